The lowest BCUT2D eigenvalue weighted by Gasteiger charge is -2.32. The highest BCUT2D eigenvalue weighted by atomic mass is 16.4. The molecule has 110 valence electrons. The van der Waals surface area contributed by atoms with Gasteiger partial charge in [-0.25, -0.2) is 9.59 Å². The maximum Gasteiger partial charge on any atom is 0.326 e. The van der Waals surface area contributed by atoms with E-state index < -0.39 is 12.0 Å². The Bertz CT molecular complexity index is 486. The number of urea groups is 1. The highest BCUT2D eigenvalue weighted by molar-refractivity contribution is 5.82. The van der Waals surface area contributed by atoms with Gasteiger partial charge in [0.25, 0.3) is 0 Å². The average Bonchev–Trinajstić information content (AvgIpc) is 2.84. The van der Waals surface area contributed by atoms with E-state index in [9.17, 15) is 9.59 Å². The van der Waals surface area contributed by atoms with Crippen LogP contribution in [0.25, 0.3) is 0 Å². The lowest BCUT2D eigenvalue weighted by molar-refractivity contribution is -0.143. The number of piperidine rings is 1. The Kier molecular flexibility index (Phi) is 4.60. The quantitative estimate of drug-likeness (QED) is 0.846. The third kappa shape index (κ3) is 3.28. The number of carboxylic acid groups (broad SMARTS) is 1. The number of amides is 2. The van der Waals surface area contributed by atoms with Gasteiger partial charge in [0.1, 0.15) is 6.04 Å². The highest BCUT2D eigenvalue weighted by Crippen LogP contribution is 2.17. The molecule has 0 saturated carbocycles. The summed E-state index contributed by atoms with van der Waals surface area (Å²) in [4.78, 5) is 24.6. The van der Waals surface area contributed by atoms with Crippen molar-refractivity contribution in [1.82, 2.24) is 20.0 Å². The summed E-state index contributed by atoms with van der Waals surface area (Å²) >= 11 is 0. The number of hydrogen-bond donors (Lipinski definition) is 2. The smallest absolute Gasteiger partial charge is 0.326 e. The van der Waals surface area contributed by atoms with E-state index in [0.29, 0.717) is 25.9 Å². The van der Waals surface area contributed by atoms with Crippen LogP contribution < -0.4 is 5.32 Å². The van der Waals surface area contributed by atoms with Gasteiger partial charge in [-0.15, -0.1) is 0 Å². The molecule has 20 heavy (non-hydrogen) atoms. The maximum absolute atomic E-state index is 12.1. The summed E-state index contributed by atoms with van der Waals surface area (Å²) in [6.07, 6.45) is 4.63. The first-order valence-electron chi connectivity index (χ1n) is 6.83. The number of hydrogen-bond acceptors (Lipinski definition) is 3. The first-order valence-corrected chi connectivity index (χ1v) is 6.83. The van der Waals surface area contributed by atoms with Crippen LogP contribution >= 0.6 is 0 Å². The Morgan fingerprint density at radius 2 is 2.30 bits per heavy atom. The first kappa shape index (κ1) is 14.4. The van der Waals surface area contributed by atoms with E-state index in [4.69, 9.17) is 5.11 Å². The van der Waals surface area contributed by atoms with Gasteiger partial charge in [-0.2, -0.15) is 5.10 Å². The van der Waals surface area contributed by atoms with Gasteiger partial charge in [0.2, 0.25) is 0 Å². The summed E-state index contributed by atoms with van der Waals surface area (Å²) < 4.78 is 1.76. The fourth-order valence-corrected chi connectivity index (χ4v) is 2.48. The molecule has 0 bridgehead atoms. The minimum Gasteiger partial charge on any atom is -0.480 e. The van der Waals surface area contributed by atoms with Crippen molar-refractivity contribution in [2.75, 3.05) is 13.1 Å². The fourth-order valence-electron chi connectivity index (χ4n) is 2.48. The predicted octanol–water partition coefficient (Wildman–Crippen LogP) is 0.611. The zero-order valence-corrected chi connectivity index (χ0v) is 11.6. The van der Waals surface area contributed by atoms with E-state index in [0.717, 1.165) is 18.5 Å². The van der Waals surface area contributed by atoms with E-state index >= 15 is 0 Å². The number of aryl methyl sites for hydroxylation is 1. The number of carbonyl (C=O) groups is 2. The molecule has 1 saturated heterocycles. The van der Waals surface area contributed by atoms with Crippen molar-refractivity contribution in [3.63, 3.8) is 0 Å². The van der Waals surface area contributed by atoms with Crippen molar-refractivity contribution in [2.45, 2.75) is 31.7 Å². The summed E-state index contributed by atoms with van der Waals surface area (Å²) in [6, 6.07) is 0.910. The molecular weight excluding hydrogens is 260 g/mol. The molecule has 0 radical (unpaired) electrons. The average molecular weight is 280 g/mol. The number of nitrogens with zero attached hydrogens (tertiary/aromatic N) is 3. The minimum atomic E-state index is -0.925. The molecule has 1 aliphatic rings. The van der Waals surface area contributed by atoms with Crippen molar-refractivity contribution < 1.29 is 14.7 Å². The predicted molar refractivity (Wildman–Crippen MR) is 72.3 cm³/mol. The zero-order valence-electron chi connectivity index (χ0n) is 11.6. The van der Waals surface area contributed by atoms with Crippen LogP contribution in [-0.4, -0.2) is 50.9 Å². The van der Waals surface area contributed by atoms with E-state index in [2.05, 4.69) is 10.4 Å². The number of carboxylic acids is 1. The molecular formula is C13H20N4O3. The molecule has 1 atom stereocenters. The van der Waals surface area contributed by atoms with Crippen LogP contribution in [-0.2, 0) is 18.3 Å². The Balaban J connectivity index is 1.84. The number of likely N-dealkylation sites (tertiary alicyclic amines) is 1. The fraction of sp³-hybridized carbons (Fsp3) is 0.615. The van der Waals surface area contributed by atoms with Crippen LogP contribution in [0.4, 0.5) is 4.79 Å². The third-order valence-corrected chi connectivity index (χ3v) is 3.63. The summed E-state index contributed by atoms with van der Waals surface area (Å²) in [5.74, 6) is -0.925. The van der Waals surface area contributed by atoms with Gasteiger partial charge in [-0.3, -0.25) is 4.68 Å². The number of aliphatic carboxylic acids is 1. The van der Waals surface area contributed by atoms with Crippen LogP contribution in [0.3, 0.4) is 0 Å². The summed E-state index contributed by atoms with van der Waals surface area (Å²) in [5, 5.41) is 16.0. The molecule has 0 aliphatic carbocycles. The molecule has 1 aromatic rings. The van der Waals surface area contributed by atoms with Gasteiger partial charge >= 0.3 is 12.0 Å². The Labute approximate surface area is 117 Å². The normalized spacial score (nSPS) is 18.9. The van der Waals surface area contributed by atoms with Crippen LogP contribution in [0.15, 0.2) is 12.3 Å². The summed E-state index contributed by atoms with van der Waals surface area (Å²) in [7, 11) is 1.85. The van der Waals surface area contributed by atoms with Crippen molar-refractivity contribution >= 4 is 12.0 Å². The first-order chi connectivity index (χ1) is 9.59. The SMILES string of the molecule is Cn1nccc1CCNC(=O)N1CCCCC1C(=O)O. The number of rotatable bonds is 4. The van der Waals surface area contributed by atoms with Gasteiger partial charge in [0, 0.05) is 38.4 Å². The van der Waals surface area contributed by atoms with Gasteiger partial charge in [0.05, 0.1) is 0 Å². The second kappa shape index (κ2) is 6.40. The van der Waals surface area contributed by atoms with Crippen molar-refractivity contribution in [3.8, 4) is 0 Å². The van der Waals surface area contributed by atoms with E-state index in [-0.39, 0.29) is 6.03 Å². The van der Waals surface area contributed by atoms with Gasteiger partial charge < -0.3 is 15.3 Å². The molecule has 2 amide bonds. The molecule has 1 fully saturated rings. The Morgan fingerprint density at radius 1 is 1.50 bits per heavy atom. The molecule has 1 aromatic heterocycles. The molecule has 1 unspecified atom stereocenters. The molecule has 2 N–H and O–H groups in total. The lowest BCUT2D eigenvalue weighted by atomic mass is 10.0. The Morgan fingerprint density at radius 3 is 2.95 bits per heavy atom. The molecule has 0 spiro atoms. The molecule has 7 nitrogen and oxygen atoms in total. The van der Waals surface area contributed by atoms with Crippen molar-refractivity contribution in [3.05, 3.63) is 18.0 Å². The number of aromatic nitrogens is 2. The van der Waals surface area contributed by atoms with Crippen LogP contribution in [0.1, 0.15) is 25.0 Å². The second-order valence-corrected chi connectivity index (χ2v) is 4.97. The van der Waals surface area contributed by atoms with Crippen molar-refractivity contribution in [1.29, 1.82) is 0 Å². The van der Waals surface area contributed by atoms with E-state index in [1.165, 1.54) is 4.90 Å². The molecule has 0 aromatic carbocycles. The van der Waals surface area contributed by atoms with E-state index in [1.807, 2.05) is 13.1 Å². The monoisotopic (exact) mass is 280 g/mol. The third-order valence-electron chi connectivity index (χ3n) is 3.63. The number of carbonyl (C=O) groups excluding carboxylic acids is 1. The maximum atomic E-state index is 12.1. The largest absolute Gasteiger partial charge is 0.480 e. The number of nitrogens with one attached hydrogen (secondary N) is 1. The topological polar surface area (TPSA) is 87.5 Å². The molecule has 7 heteroatoms. The van der Waals surface area contributed by atoms with Crippen LogP contribution in [0, 0.1) is 0 Å². The molecule has 2 heterocycles. The van der Waals surface area contributed by atoms with E-state index in [1.54, 1.807) is 10.9 Å². The summed E-state index contributed by atoms with van der Waals surface area (Å²) in [5.41, 5.74) is 1.03. The molecule has 2 rings (SSSR count). The van der Waals surface area contributed by atoms with Crippen molar-refractivity contribution in [2.24, 2.45) is 7.05 Å². The van der Waals surface area contributed by atoms with Gasteiger partial charge in [0.15, 0.2) is 0 Å². The van der Waals surface area contributed by atoms with Crippen LogP contribution in [0.5, 0.6) is 0 Å². The minimum absolute atomic E-state index is 0.292. The van der Waals surface area contributed by atoms with Crippen LogP contribution in [0.2, 0.25) is 0 Å². The summed E-state index contributed by atoms with van der Waals surface area (Å²) in [6.45, 7) is 0.982. The second-order valence-electron chi connectivity index (χ2n) is 4.97. The molecule has 1 aliphatic heterocycles. The van der Waals surface area contributed by atoms with Gasteiger partial charge in [-0.05, 0) is 25.3 Å². The standard InChI is InChI=1S/C13H20N4O3/c1-16-10(6-8-15-16)5-7-14-13(20)17-9-3-2-4-11(17)12(18)19/h6,8,11H,2-5,7,9H2,1H3,(H,14,20)(H,18,19). The Hall–Kier alpha value is -2.05. The lowest BCUT2D eigenvalue weighted by Crippen LogP contribution is -2.52. The zero-order chi connectivity index (χ0) is 14.5. The highest BCUT2D eigenvalue weighted by Gasteiger charge is 2.31. The van der Waals surface area contributed by atoms with Gasteiger partial charge in [-0.1, -0.05) is 0 Å².